The van der Waals surface area contributed by atoms with Gasteiger partial charge >= 0.3 is 0 Å². The second-order valence-electron chi connectivity index (χ2n) is 1.93. The molecule has 0 spiro atoms. The van der Waals surface area contributed by atoms with Gasteiger partial charge in [0, 0.05) is 12.4 Å². The third-order valence-corrected chi connectivity index (χ3v) is 1.14. The Bertz CT molecular complexity index is 289. The van der Waals surface area contributed by atoms with Crippen LogP contribution >= 0.6 is 0 Å². The summed E-state index contributed by atoms with van der Waals surface area (Å²) in [5.74, 6) is -0.435. The van der Waals surface area contributed by atoms with E-state index in [4.69, 9.17) is 5.73 Å². The summed E-state index contributed by atoms with van der Waals surface area (Å²) < 4.78 is 0. The summed E-state index contributed by atoms with van der Waals surface area (Å²) in [7, 11) is 1.32. The van der Waals surface area contributed by atoms with E-state index in [0.29, 0.717) is 0 Å². The molecule has 1 heterocycles. The van der Waals surface area contributed by atoms with Crippen LogP contribution in [0.3, 0.4) is 0 Å². The zero-order valence-electron chi connectivity index (χ0n) is 6.44. The van der Waals surface area contributed by atoms with E-state index >= 15 is 0 Å². The van der Waals surface area contributed by atoms with Gasteiger partial charge < -0.3 is 5.73 Å². The molecule has 1 aromatic heterocycles. The number of carbonyl (C=O) groups excluding carboxylic acids is 1. The second kappa shape index (κ2) is 3.63. The van der Waals surface area contributed by atoms with E-state index in [-0.39, 0.29) is 11.5 Å². The zero-order valence-corrected chi connectivity index (χ0v) is 6.44. The van der Waals surface area contributed by atoms with Crippen LogP contribution in [0.4, 0.5) is 5.82 Å². The summed E-state index contributed by atoms with van der Waals surface area (Å²) in [6.45, 7) is 0. The van der Waals surface area contributed by atoms with Crippen LogP contribution < -0.4 is 11.2 Å². The number of nitrogens with one attached hydrogen (secondary N) is 1. The largest absolute Gasteiger partial charge is 0.382 e. The van der Waals surface area contributed by atoms with Crippen molar-refractivity contribution in [3.63, 3.8) is 0 Å². The Balaban J connectivity index is 2.87. The van der Waals surface area contributed by atoms with Gasteiger partial charge in [-0.05, 0) is 0 Å². The highest BCUT2D eigenvalue weighted by Crippen LogP contribution is 2.01. The highest BCUT2D eigenvalue weighted by Gasteiger charge is 2.10. The van der Waals surface area contributed by atoms with Gasteiger partial charge in [0.1, 0.15) is 0 Å². The first-order chi connectivity index (χ1) is 5.75. The zero-order chi connectivity index (χ0) is 8.97. The van der Waals surface area contributed by atoms with Crippen molar-refractivity contribution in [2.75, 3.05) is 12.8 Å². The van der Waals surface area contributed by atoms with Crippen molar-refractivity contribution in [2.45, 2.75) is 0 Å². The summed E-state index contributed by atoms with van der Waals surface area (Å²) in [5, 5.41) is 0. The average molecular weight is 168 g/mol. The number of anilines is 1. The summed E-state index contributed by atoms with van der Waals surface area (Å²) >= 11 is 0. The molecule has 0 saturated carbocycles. The maximum atomic E-state index is 11.0. The monoisotopic (exact) mass is 168 g/mol. The van der Waals surface area contributed by atoms with Gasteiger partial charge in [0.15, 0.2) is 11.5 Å². The van der Waals surface area contributed by atoms with Gasteiger partial charge in [-0.3, -0.25) is 9.63 Å². The second-order valence-corrected chi connectivity index (χ2v) is 1.93. The molecule has 6 heteroatoms. The number of hydrogen-bond donors (Lipinski definition) is 2. The molecule has 3 N–H and O–H groups in total. The van der Waals surface area contributed by atoms with E-state index < -0.39 is 5.91 Å². The van der Waals surface area contributed by atoms with Crippen LogP contribution in [0.15, 0.2) is 12.4 Å². The van der Waals surface area contributed by atoms with Crippen LogP contribution in [0, 0.1) is 0 Å². The fourth-order valence-corrected chi connectivity index (χ4v) is 0.665. The normalized spacial score (nSPS) is 9.42. The van der Waals surface area contributed by atoms with Gasteiger partial charge in [0.05, 0.1) is 7.11 Å². The summed E-state index contributed by atoms with van der Waals surface area (Å²) in [4.78, 5) is 22.8. The molecule has 6 nitrogen and oxygen atoms in total. The molecule has 0 aliphatic rings. The van der Waals surface area contributed by atoms with Crippen LogP contribution in [0.1, 0.15) is 10.5 Å². The third-order valence-electron chi connectivity index (χ3n) is 1.14. The highest BCUT2D eigenvalue weighted by molar-refractivity contribution is 5.95. The first kappa shape index (κ1) is 8.41. The first-order valence-electron chi connectivity index (χ1n) is 3.15. The lowest BCUT2D eigenvalue weighted by Crippen LogP contribution is -2.24. The van der Waals surface area contributed by atoms with Crippen molar-refractivity contribution in [1.82, 2.24) is 15.4 Å². The van der Waals surface area contributed by atoms with Gasteiger partial charge in [0.2, 0.25) is 0 Å². The van der Waals surface area contributed by atoms with Gasteiger partial charge in [-0.1, -0.05) is 0 Å². The lowest BCUT2D eigenvalue weighted by atomic mass is 10.4. The average Bonchev–Trinajstić information content (AvgIpc) is 2.05. The molecule has 12 heavy (non-hydrogen) atoms. The molecule has 0 bridgehead atoms. The van der Waals surface area contributed by atoms with Crippen molar-refractivity contribution in [3.05, 3.63) is 18.1 Å². The Morgan fingerprint density at radius 3 is 2.83 bits per heavy atom. The highest BCUT2D eigenvalue weighted by atomic mass is 16.6. The molecule has 0 unspecified atom stereocenters. The van der Waals surface area contributed by atoms with Crippen molar-refractivity contribution in [3.8, 4) is 0 Å². The molecule has 0 aromatic carbocycles. The lowest BCUT2D eigenvalue weighted by Gasteiger charge is -2.01. The number of nitrogens with two attached hydrogens (primary N) is 1. The minimum absolute atomic E-state index is 0.0550. The molecular weight excluding hydrogens is 160 g/mol. The van der Waals surface area contributed by atoms with Gasteiger partial charge in [-0.15, -0.1) is 0 Å². The number of amides is 1. The Labute approximate surface area is 68.7 Å². The Morgan fingerprint density at radius 1 is 1.58 bits per heavy atom. The quantitative estimate of drug-likeness (QED) is 0.572. The molecule has 1 amide bonds. The minimum atomic E-state index is -0.511. The maximum Gasteiger partial charge on any atom is 0.297 e. The molecule has 64 valence electrons. The number of nitrogens with zero attached hydrogens (tertiary/aromatic N) is 2. The topological polar surface area (TPSA) is 90.1 Å². The molecule has 0 atom stereocenters. The molecule has 0 saturated heterocycles. The molecule has 0 aliphatic carbocycles. The van der Waals surface area contributed by atoms with Crippen LogP contribution in [-0.4, -0.2) is 23.0 Å². The number of carbonyl (C=O) groups is 1. The van der Waals surface area contributed by atoms with Crippen LogP contribution in [0.5, 0.6) is 0 Å². The van der Waals surface area contributed by atoms with Crippen molar-refractivity contribution in [1.29, 1.82) is 0 Å². The van der Waals surface area contributed by atoms with E-state index in [9.17, 15) is 4.79 Å². The van der Waals surface area contributed by atoms with Gasteiger partial charge in [-0.25, -0.2) is 15.4 Å². The van der Waals surface area contributed by atoms with E-state index in [2.05, 4.69) is 20.3 Å². The number of rotatable bonds is 2. The molecule has 0 radical (unpaired) electrons. The molecule has 1 rings (SSSR count). The number of hydroxylamine groups is 1. The SMILES string of the molecule is CONC(=O)c1nccnc1N. The number of nitrogen functional groups attached to an aromatic ring is 1. The van der Waals surface area contributed by atoms with Crippen LogP contribution in [0.25, 0.3) is 0 Å². The van der Waals surface area contributed by atoms with Gasteiger partial charge in [-0.2, -0.15) is 0 Å². The van der Waals surface area contributed by atoms with Crippen molar-refractivity contribution >= 4 is 11.7 Å². The number of aromatic nitrogens is 2. The smallest absolute Gasteiger partial charge is 0.297 e. The molecular formula is C6H8N4O2. The van der Waals surface area contributed by atoms with E-state index in [1.165, 1.54) is 19.5 Å². The minimum Gasteiger partial charge on any atom is -0.382 e. The predicted molar refractivity (Wildman–Crippen MR) is 40.9 cm³/mol. The van der Waals surface area contributed by atoms with Crippen LogP contribution in [-0.2, 0) is 4.84 Å². The van der Waals surface area contributed by atoms with Crippen molar-refractivity contribution < 1.29 is 9.63 Å². The Hall–Kier alpha value is -1.69. The predicted octanol–water partition coefficient (Wildman–Crippen LogP) is -0.650. The first-order valence-corrected chi connectivity index (χ1v) is 3.15. The third kappa shape index (κ3) is 1.67. The maximum absolute atomic E-state index is 11.0. The molecule has 1 aromatic rings. The number of hydrogen-bond acceptors (Lipinski definition) is 5. The molecule has 0 aliphatic heterocycles. The van der Waals surface area contributed by atoms with Crippen LogP contribution in [0.2, 0.25) is 0 Å². The summed E-state index contributed by atoms with van der Waals surface area (Å²) in [5.41, 5.74) is 7.50. The summed E-state index contributed by atoms with van der Waals surface area (Å²) in [6, 6.07) is 0. The van der Waals surface area contributed by atoms with Crippen molar-refractivity contribution in [2.24, 2.45) is 0 Å². The standard InChI is InChI=1S/C6H8N4O2/c1-12-10-6(11)4-5(7)9-3-2-8-4/h2-3H,1H3,(H2,7,9)(H,10,11). The fourth-order valence-electron chi connectivity index (χ4n) is 0.665. The Morgan fingerprint density at radius 2 is 2.25 bits per heavy atom. The lowest BCUT2D eigenvalue weighted by molar-refractivity contribution is 0.0533. The Kier molecular flexibility index (Phi) is 2.54. The van der Waals surface area contributed by atoms with E-state index in [0.717, 1.165) is 0 Å². The van der Waals surface area contributed by atoms with Gasteiger partial charge in [0.25, 0.3) is 5.91 Å². The van der Waals surface area contributed by atoms with E-state index in [1.54, 1.807) is 0 Å². The summed E-state index contributed by atoms with van der Waals surface area (Å²) in [6.07, 6.45) is 2.78. The van der Waals surface area contributed by atoms with E-state index in [1.807, 2.05) is 0 Å². The molecule has 0 fully saturated rings. The fraction of sp³-hybridized carbons (Fsp3) is 0.167.